The molecule has 0 heterocycles. The first kappa shape index (κ1) is 23.2. The molecule has 0 aliphatic carbocycles. The minimum atomic E-state index is -0.245. The molecule has 0 aromatic heterocycles. The first-order valence-corrected chi connectivity index (χ1v) is 10.6. The molecule has 0 atom stereocenters. The van der Waals surface area contributed by atoms with Gasteiger partial charge < -0.3 is 14.2 Å². The zero-order valence-electron chi connectivity index (χ0n) is 18.3. The first-order valence-electron chi connectivity index (χ1n) is 10.2. The van der Waals surface area contributed by atoms with E-state index < -0.39 is 0 Å². The summed E-state index contributed by atoms with van der Waals surface area (Å²) in [6, 6.07) is 19.2. The number of ether oxygens (including phenoxy) is 3. The van der Waals surface area contributed by atoms with E-state index in [0.717, 1.165) is 27.8 Å². The normalized spacial score (nSPS) is 10.3. The van der Waals surface area contributed by atoms with Gasteiger partial charge in [0.25, 0.3) is 0 Å². The molecule has 0 fully saturated rings. The highest BCUT2D eigenvalue weighted by atomic mass is 35.5. The van der Waals surface area contributed by atoms with E-state index in [1.165, 1.54) is 0 Å². The fourth-order valence-electron chi connectivity index (χ4n) is 3.55. The maximum Gasteiger partial charge on any atom is 0.306 e. The zero-order valence-corrected chi connectivity index (χ0v) is 19.0. The average molecular weight is 450 g/mol. The number of aryl methyl sites for hydroxylation is 1. The third-order valence-corrected chi connectivity index (χ3v) is 5.43. The van der Waals surface area contributed by atoms with Gasteiger partial charge in [-0.05, 0) is 71.5 Å². The lowest BCUT2D eigenvalue weighted by atomic mass is 9.92. The summed E-state index contributed by atoms with van der Waals surface area (Å²) in [5.41, 5.74) is 4.90. The molecule has 0 radical (unpaired) electrons. The van der Waals surface area contributed by atoms with Crippen LogP contribution in [-0.4, -0.2) is 26.8 Å². The molecular weight excluding hydrogens is 426 g/mol. The molecule has 3 rings (SSSR count). The van der Waals surface area contributed by atoms with Gasteiger partial charge in [0.1, 0.15) is 11.5 Å². The Kier molecular flexibility index (Phi) is 7.75. The maximum atomic E-state index is 11.9. The van der Waals surface area contributed by atoms with Crippen LogP contribution in [0.15, 0.2) is 54.6 Å². The second-order valence-corrected chi connectivity index (χ2v) is 7.46. The molecule has 0 saturated heterocycles. The predicted molar refractivity (Wildman–Crippen MR) is 125 cm³/mol. The Morgan fingerprint density at radius 1 is 0.969 bits per heavy atom. The second kappa shape index (κ2) is 10.7. The molecule has 3 aromatic rings. The van der Waals surface area contributed by atoms with Crippen molar-refractivity contribution in [3.8, 4) is 39.8 Å². The van der Waals surface area contributed by atoms with Crippen LogP contribution >= 0.6 is 11.6 Å². The fraction of sp³-hybridized carbons (Fsp3) is 0.231. The summed E-state index contributed by atoms with van der Waals surface area (Å²) in [7, 11) is 3.16. The molecule has 0 unspecified atom stereocenters. The monoisotopic (exact) mass is 449 g/mol. The van der Waals surface area contributed by atoms with Gasteiger partial charge in [0, 0.05) is 6.42 Å². The van der Waals surface area contributed by atoms with Crippen molar-refractivity contribution in [1.82, 2.24) is 0 Å². The number of carbonyl (C=O) groups excluding carboxylic acids is 1. The lowest BCUT2D eigenvalue weighted by molar-refractivity contribution is -0.143. The fourth-order valence-corrected chi connectivity index (χ4v) is 3.80. The van der Waals surface area contributed by atoms with E-state index in [9.17, 15) is 10.1 Å². The van der Waals surface area contributed by atoms with Crippen LogP contribution in [0, 0.1) is 11.3 Å². The number of rotatable bonds is 8. The number of benzene rings is 3. The quantitative estimate of drug-likeness (QED) is 0.391. The number of hydrogen-bond acceptors (Lipinski definition) is 5. The van der Waals surface area contributed by atoms with Gasteiger partial charge in [-0.3, -0.25) is 4.79 Å². The van der Waals surface area contributed by atoms with Crippen molar-refractivity contribution in [3.05, 3.63) is 70.7 Å². The molecule has 0 aliphatic heterocycles. The second-order valence-electron chi connectivity index (χ2n) is 7.05. The van der Waals surface area contributed by atoms with Crippen molar-refractivity contribution in [1.29, 1.82) is 5.26 Å². The summed E-state index contributed by atoms with van der Waals surface area (Å²) >= 11 is 6.28. The number of esters is 1. The number of nitrogens with zero attached hydrogens (tertiary/aromatic N) is 1. The molecule has 3 aromatic carbocycles. The van der Waals surface area contributed by atoms with E-state index >= 15 is 0 Å². The number of hydrogen-bond donors (Lipinski definition) is 0. The van der Waals surface area contributed by atoms with Gasteiger partial charge in [-0.1, -0.05) is 35.9 Å². The van der Waals surface area contributed by atoms with Crippen LogP contribution in [0.3, 0.4) is 0 Å². The van der Waals surface area contributed by atoms with E-state index in [1.54, 1.807) is 33.3 Å². The van der Waals surface area contributed by atoms with Gasteiger partial charge in [0.15, 0.2) is 0 Å². The highest BCUT2D eigenvalue weighted by Crippen LogP contribution is 2.35. The molecule has 32 heavy (non-hydrogen) atoms. The number of halogens is 1. The molecule has 0 spiro atoms. The molecule has 164 valence electrons. The molecule has 0 amide bonds. The first-order chi connectivity index (χ1) is 15.5. The minimum absolute atomic E-state index is 0.245. The SMILES string of the molecule is CCOC(=O)CCc1cc(OC)ccc1-c1ccc(-c2ccc(OC)c(Cl)c2)c(C#N)c1. The maximum absolute atomic E-state index is 11.9. The van der Waals surface area contributed by atoms with Crippen LogP contribution in [0.25, 0.3) is 22.3 Å². The molecule has 5 nitrogen and oxygen atoms in total. The van der Waals surface area contributed by atoms with Crippen LogP contribution in [0.1, 0.15) is 24.5 Å². The summed E-state index contributed by atoms with van der Waals surface area (Å²) in [5.74, 6) is 1.04. The van der Waals surface area contributed by atoms with Crippen LogP contribution in [0.5, 0.6) is 11.5 Å². The van der Waals surface area contributed by atoms with Crippen LogP contribution < -0.4 is 9.47 Å². The Labute approximate surface area is 193 Å². The smallest absolute Gasteiger partial charge is 0.306 e. The highest BCUT2D eigenvalue weighted by molar-refractivity contribution is 6.32. The van der Waals surface area contributed by atoms with Gasteiger partial charge in [0.2, 0.25) is 0 Å². The number of nitriles is 1. The third kappa shape index (κ3) is 5.22. The molecule has 0 aliphatic rings. The van der Waals surface area contributed by atoms with E-state index in [1.807, 2.05) is 42.5 Å². The Hall–Kier alpha value is -3.49. The lowest BCUT2D eigenvalue weighted by Gasteiger charge is -2.14. The Morgan fingerprint density at radius 2 is 1.69 bits per heavy atom. The molecule has 0 bridgehead atoms. The average Bonchev–Trinajstić information content (AvgIpc) is 2.82. The molecule has 0 saturated carbocycles. The lowest BCUT2D eigenvalue weighted by Crippen LogP contribution is -2.06. The standard InChI is InChI=1S/C26H24ClNO4/c1-4-32-26(29)12-7-18-14-21(30-2)8-10-22(18)17-5-9-23(20(13-17)16-28)19-6-11-25(31-3)24(27)15-19/h5-6,8-11,13-15H,4,7,12H2,1-3H3. The van der Waals surface area contributed by atoms with Crippen molar-refractivity contribution in [2.75, 3.05) is 20.8 Å². The Bertz CT molecular complexity index is 1170. The van der Waals surface area contributed by atoms with Gasteiger partial charge in [-0.15, -0.1) is 0 Å². The minimum Gasteiger partial charge on any atom is -0.497 e. The zero-order chi connectivity index (χ0) is 23.1. The Balaban J connectivity index is 2.00. The van der Waals surface area contributed by atoms with Crippen molar-refractivity contribution in [2.45, 2.75) is 19.8 Å². The van der Waals surface area contributed by atoms with Crippen molar-refractivity contribution < 1.29 is 19.0 Å². The summed E-state index contributed by atoms with van der Waals surface area (Å²) in [5, 5.41) is 10.3. The van der Waals surface area contributed by atoms with Gasteiger partial charge in [-0.2, -0.15) is 5.26 Å². The van der Waals surface area contributed by atoms with Gasteiger partial charge in [-0.25, -0.2) is 0 Å². The third-order valence-electron chi connectivity index (χ3n) is 5.13. The summed E-state index contributed by atoms with van der Waals surface area (Å²) in [6.45, 7) is 2.14. The summed E-state index contributed by atoms with van der Waals surface area (Å²) < 4.78 is 15.6. The highest BCUT2D eigenvalue weighted by Gasteiger charge is 2.14. The van der Waals surface area contributed by atoms with Crippen LogP contribution in [0.2, 0.25) is 5.02 Å². The van der Waals surface area contributed by atoms with Gasteiger partial charge >= 0.3 is 5.97 Å². The number of methoxy groups -OCH3 is 2. The molecule has 0 N–H and O–H groups in total. The van der Waals surface area contributed by atoms with Crippen molar-refractivity contribution >= 4 is 17.6 Å². The van der Waals surface area contributed by atoms with Gasteiger partial charge in [0.05, 0.1) is 37.5 Å². The molecule has 6 heteroatoms. The van der Waals surface area contributed by atoms with Crippen molar-refractivity contribution in [2.24, 2.45) is 0 Å². The van der Waals surface area contributed by atoms with E-state index in [2.05, 4.69) is 6.07 Å². The largest absolute Gasteiger partial charge is 0.497 e. The van der Waals surface area contributed by atoms with E-state index in [0.29, 0.717) is 35.1 Å². The number of carbonyl (C=O) groups is 1. The predicted octanol–water partition coefficient (Wildman–Crippen LogP) is 6.06. The van der Waals surface area contributed by atoms with E-state index in [-0.39, 0.29) is 12.4 Å². The van der Waals surface area contributed by atoms with Crippen molar-refractivity contribution in [3.63, 3.8) is 0 Å². The Morgan fingerprint density at radius 3 is 2.34 bits per heavy atom. The summed E-state index contributed by atoms with van der Waals surface area (Å²) in [4.78, 5) is 11.9. The van der Waals surface area contributed by atoms with E-state index in [4.69, 9.17) is 25.8 Å². The van der Waals surface area contributed by atoms with Crippen LogP contribution in [-0.2, 0) is 16.0 Å². The topological polar surface area (TPSA) is 68.6 Å². The van der Waals surface area contributed by atoms with Crippen LogP contribution in [0.4, 0.5) is 0 Å². The summed E-state index contributed by atoms with van der Waals surface area (Å²) in [6.07, 6.45) is 0.768. The molecular formula is C26H24ClNO4.